The molecule has 0 aliphatic carbocycles. The van der Waals surface area contributed by atoms with Gasteiger partial charge in [-0.15, -0.1) is 0 Å². The Kier molecular flexibility index (Phi) is 5.32. The second-order valence-corrected chi connectivity index (χ2v) is 4.73. The summed E-state index contributed by atoms with van der Waals surface area (Å²) >= 11 is 1.54. The van der Waals surface area contributed by atoms with E-state index < -0.39 is 0 Å². The van der Waals surface area contributed by atoms with E-state index in [1.807, 2.05) is 60.9 Å². The molecule has 0 bridgehead atoms. The molecule has 5 heteroatoms. The lowest BCUT2D eigenvalue weighted by molar-refractivity contribution is 0.415. The fourth-order valence-electron chi connectivity index (χ4n) is 1.54. The first kappa shape index (κ1) is 14.3. The van der Waals surface area contributed by atoms with Gasteiger partial charge in [-0.25, -0.2) is 4.99 Å². The van der Waals surface area contributed by atoms with Gasteiger partial charge in [0.05, 0.1) is 18.5 Å². The summed E-state index contributed by atoms with van der Waals surface area (Å²) in [6.45, 7) is 0. The van der Waals surface area contributed by atoms with Crippen molar-refractivity contribution in [2.24, 2.45) is 4.99 Å². The first-order valence-corrected chi connectivity index (χ1v) is 7.38. The molecule has 0 spiro atoms. The molecule has 0 aromatic heterocycles. The van der Waals surface area contributed by atoms with E-state index in [9.17, 15) is 0 Å². The van der Waals surface area contributed by atoms with Crippen LogP contribution in [0, 0.1) is 0 Å². The van der Waals surface area contributed by atoms with Crippen molar-refractivity contribution in [3.8, 4) is 5.75 Å². The lowest BCUT2D eigenvalue weighted by Crippen LogP contribution is -2.26. The second-order valence-electron chi connectivity index (χ2n) is 3.94. The number of aliphatic imine (C=N–C) groups is 1. The van der Waals surface area contributed by atoms with Gasteiger partial charge in [0.25, 0.3) is 0 Å². The van der Waals surface area contributed by atoms with Gasteiger partial charge in [-0.3, -0.25) is 10.9 Å². The SMILES string of the molecule is COc1ccc(NNC(=Nc2ccccc2)SC)cc1. The van der Waals surface area contributed by atoms with Crippen molar-refractivity contribution >= 4 is 28.3 Å². The van der Waals surface area contributed by atoms with Gasteiger partial charge in [0.2, 0.25) is 0 Å². The van der Waals surface area contributed by atoms with Crippen LogP contribution >= 0.6 is 11.8 Å². The van der Waals surface area contributed by atoms with Crippen molar-refractivity contribution in [3.63, 3.8) is 0 Å². The fourth-order valence-corrected chi connectivity index (χ4v) is 1.89. The summed E-state index contributed by atoms with van der Waals surface area (Å²) in [5.74, 6) is 0.832. The van der Waals surface area contributed by atoms with E-state index in [2.05, 4.69) is 15.8 Å². The second kappa shape index (κ2) is 7.45. The molecule has 0 atom stereocenters. The first-order chi connectivity index (χ1) is 9.81. The van der Waals surface area contributed by atoms with Crippen molar-refractivity contribution in [1.29, 1.82) is 0 Å². The molecular formula is C15H17N3OS. The number of nitrogens with zero attached hydrogens (tertiary/aromatic N) is 1. The van der Waals surface area contributed by atoms with Crippen LogP contribution in [0.25, 0.3) is 0 Å². The number of hydrogen-bond acceptors (Lipinski definition) is 4. The van der Waals surface area contributed by atoms with Crippen molar-refractivity contribution in [3.05, 3.63) is 54.6 Å². The largest absolute Gasteiger partial charge is 0.497 e. The maximum absolute atomic E-state index is 5.12. The molecular weight excluding hydrogens is 270 g/mol. The predicted octanol–water partition coefficient (Wildman–Crippen LogP) is 3.66. The number of para-hydroxylation sites is 1. The number of hydrogen-bond donors (Lipinski definition) is 2. The van der Waals surface area contributed by atoms with Crippen molar-refractivity contribution in [1.82, 2.24) is 5.43 Å². The Balaban J connectivity index is 1.98. The zero-order valence-corrected chi connectivity index (χ0v) is 12.3. The van der Waals surface area contributed by atoms with Gasteiger partial charge in [0.15, 0.2) is 5.17 Å². The topological polar surface area (TPSA) is 45.6 Å². The summed E-state index contributed by atoms with van der Waals surface area (Å²) in [5.41, 5.74) is 8.07. The molecule has 2 aromatic carbocycles. The molecule has 2 rings (SSSR count). The van der Waals surface area contributed by atoms with Gasteiger partial charge in [0, 0.05) is 0 Å². The molecule has 104 valence electrons. The highest BCUT2D eigenvalue weighted by molar-refractivity contribution is 8.13. The number of thioether (sulfide) groups is 1. The molecule has 0 unspecified atom stereocenters. The summed E-state index contributed by atoms with van der Waals surface area (Å²) in [6, 6.07) is 17.5. The third-order valence-corrected chi connectivity index (χ3v) is 3.16. The third kappa shape index (κ3) is 4.20. The highest BCUT2D eigenvalue weighted by Gasteiger charge is 1.98. The smallest absolute Gasteiger partial charge is 0.180 e. The quantitative estimate of drug-likeness (QED) is 0.512. The Hall–Kier alpha value is -2.14. The average molecular weight is 287 g/mol. The lowest BCUT2D eigenvalue weighted by atomic mass is 10.3. The van der Waals surface area contributed by atoms with E-state index in [0.29, 0.717) is 0 Å². The van der Waals surface area contributed by atoms with E-state index in [0.717, 1.165) is 22.3 Å². The number of amidine groups is 1. The zero-order valence-electron chi connectivity index (χ0n) is 11.5. The van der Waals surface area contributed by atoms with Gasteiger partial charge in [-0.05, 0) is 42.7 Å². The number of anilines is 1. The first-order valence-electron chi connectivity index (χ1n) is 6.15. The molecule has 0 aliphatic rings. The van der Waals surface area contributed by atoms with Gasteiger partial charge >= 0.3 is 0 Å². The van der Waals surface area contributed by atoms with Crippen LogP contribution in [0.1, 0.15) is 0 Å². The maximum Gasteiger partial charge on any atom is 0.180 e. The summed E-state index contributed by atoms with van der Waals surface area (Å²) in [7, 11) is 1.65. The summed E-state index contributed by atoms with van der Waals surface area (Å²) in [6.07, 6.45) is 1.98. The number of methoxy groups -OCH3 is 1. The van der Waals surface area contributed by atoms with E-state index in [1.165, 1.54) is 0 Å². The highest BCUT2D eigenvalue weighted by Crippen LogP contribution is 2.15. The molecule has 0 aliphatic heterocycles. The lowest BCUT2D eigenvalue weighted by Gasteiger charge is -2.11. The summed E-state index contributed by atoms with van der Waals surface area (Å²) < 4.78 is 5.12. The number of benzene rings is 2. The van der Waals surface area contributed by atoms with Crippen LogP contribution in [-0.2, 0) is 0 Å². The van der Waals surface area contributed by atoms with E-state index >= 15 is 0 Å². The zero-order chi connectivity index (χ0) is 14.2. The molecule has 0 saturated heterocycles. The fraction of sp³-hybridized carbons (Fsp3) is 0.133. The molecule has 0 radical (unpaired) electrons. The van der Waals surface area contributed by atoms with Crippen LogP contribution in [-0.4, -0.2) is 18.5 Å². The van der Waals surface area contributed by atoms with Crippen LogP contribution in [0.2, 0.25) is 0 Å². The van der Waals surface area contributed by atoms with Gasteiger partial charge in [-0.2, -0.15) is 0 Å². The minimum Gasteiger partial charge on any atom is -0.497 e. The molecule has 0 fully saturated rings. The standard InChI is InChI=1S/C15H17N3OS/c1-19-14-10-8-13(9-11-14)17-18-15(20-2)16-12-6-4-3-5-7-12/h3-11,17H,1-2H3,(H,16,18). The predicted molar refractivity (Wildman–Crippen MR) is 86.8 cm³/mol. The third-order valence-electron chi connectivity index (χ3n) is 2.58. The van der Waals surface area contributed by atoms with Crippen molar-refractivity contribution in [2.75, 3.05) is 18.8 Å². The van der Waals surface area contributed by atoms with Crippen LogP contribution < -0.4 is 15.6 Å². The number of nitrogens with one attached hydrogen (secondary N) is 2. The number of hydrazine groups is 1. The van der Waals surface area contributed by atoms with E-state index in [4.69, 9.17) is 4.74 Å². The minimum absolute atomic E-state index is 0.798. The Morgan fingerprint density at radius 3 is 2.35 bits per heavy atom. The molecule has 0 saturated carbocycles. The van der Waals surface area contributed by atoms with Gasteiger partial charge in [-0.1, -0.05) is 30.0 Å². The number of rotatable bonds is 4. The average Bonchev–Trinajstić information content (AvgIpc) is 2.53. The normalized spacial score (nSPS) is 11.0. The van der Waals surface area contributed by atoms with Crippen molar-refractivity contribution in [2.45, 2.75) is 0 Å². The Labute approximate surface area is 123 Å². The van der Waals surface area contributed by atoms with Crippen LogP contribution in [0.4, 0.5) is 11.4 Å². The van der Waals surface area contributed by atoms with E-state index in [1.54, 1.807) is 18.9 Å². The Morgan fingerprint density at radius 2 is 1.75 bits per heavy atom. The molecule has 4 nitrogen and oxygen atoms in total. The van der Waals surface area contributed by atoms with Crippen molar-refractivity contribution < 1.29 is 4.74 Å². The van der Waals surface area contributed by atoms with Crippen LogP contribution in [0.3, 0.4) is 0 Å². The molecule has 2 aromatic rings. The molecule has 2 N–H and O–H groups in total. The summed E-state index contributed by atoms with van der Waals surface area (Å²) in [5, 5.41) is 0.798. The molecule has 0 heterocycles. The highest BCUT2D eigenvalue weighted by atomic mass is 32.2. The van der Waals surface area contributed by atoms with Crippen LogP contribution in [0.15, 0.2) is 59.6 Å². The monoisotopic (exact) mass is 287 g/mol. The Morgan fingerprint density at radius 1 is 1.05 bits per heavy atom. The van der Waals surface area contributed by atoms with Crippen LogP contribution in [0.5, 0.6) is 5.75 Å². The molecule has 0 amide bonds. The Bertz CT molecular complexity index is 555. The number of ether oxygens (including phenoxy) is 1. The molecule has 20 heavy (non-hydrogen) atoms. The van der Waals surface area contributed by atoms with Gasteiger partial charge < -0.3 is 4.74 Å². The summed E-state index contributed by atoms with van der Waals surface area (Å²) in [4.78, 5) is 4.51. The minimum atomic E-state index is 0.798. The van der Waals surface area contributed by atoms with Gasteiger partial charge in [0.1, 0.15) is 5.75 Å². The van der Waals surface area contributed by atoms with E-state index in [-0.39, 0.29) is 0 Å². The maximum atomic E-state index is 5.12.